The summed E-state index contributed by atoms with van der Waals surface area (Å²) in [4.78, 5) is 4.41. The first-order chi connectivity index (χ1) is 9.99. The van der Waals surface area contributed by atoms with Gasteiger partial charge in [-0.2, -0.15) is 0 Å². The van der Waals surface area contributed by atoms with E-state index in [-0.39, 0.29) is 6.04 Å². The predicted molar refractivity (Wildman–Crippen MR) is 92.9 cm³/mol. The van der Waals surface area contributed by atoms with Crippen molar-refractivity contribution in [2.45, 2.75) is 32.7 Å². The molecule has 5 heteroatoms. The molecule has 0 aliphatic carbocycles. The lowest BCUT2D eigenvalue weighted by Gasteiger charge is -2.12. The van der Waals surface area contributed by atoms with E-state index in [1.165, 1.54) is 0 Å². The van der Waals surface area contributed by atoms with E-state index in [1.807, 2.05) is 31.3 Å². The summed E-state index contributed by atoms with van der Waals surface area (Å²) in [5.41, 5.74) is 8.13. The number of pyridine rings is 1. The van der Waals surface area contributed by atoms with Crippen LogP contribution in [0.15, 0.2) is 39.4 Å². The number of nitrogens with zero attached hydrogens (tertiary/aromatic N) is 1. The maximum atomic E-state index is 5.98. The van der Waals surface area contributed by atoms with E-state index in [0.29, 0.717) is 5.88 Å². The molecule has 0 amide bonds. The molecule has 1 atom stereocenters. The molecule has 0 saturated carbocycles. The Labute approximate surface area is 142 Å². The van der Waals surface area contributed by atoms with E-state index in [9.17, 15) is 0 Å². The number of ether oxygens (including phenoxy) is 1. The van der Waals surface area contributed by atoms with Gasteiger partial charge in [-0.25, -0.2) is 4.98 Å². The number of rotatable bonds is 5. The van der Waals surface area contributed by atoms with Gasteiger partial charge < -0.3 is 10.5 Å². The van der Waals surface area contributed by atoms with Crippen LogP contribution in [0.5, 0.6) is 11.6 Å². The molecule has 2 rings (SSSR count). The van der Waals surface area contributed by atoms with Crippen molar-refractivity contribution < 1.29 is 4.74 Å². The molecule has 0 saturated heterocycles. The third-order valence-corrected chi connectivity index (χ3v) is 4.32. The van der Waals surface area contributed by atoms with E-state index in [4.69, 9.17) is 10.5 Å². The van der Waals surface area contributed by atoms with Crippen LogP contribution in [0.25, 0.3) is 0 Å². The molecule has 0 aliphatic heterocycles. The predicted octanol–water partition coefficient (Wildman–Crippen LogP) is 4.99. The molecule has 0 fully saturated rings. The zero-order chi connectivity index (χ0) is 15.4. The summed E-state index contributed by atoms with van der Waals surface area (Å²) < 4.78 is 7.75. The van der Waals surface area contributed by atoms with Crippen LogP contribution in [0.4, 0.5) is 0 Å². The summed E-state index contributed by atoms with van der Waals surface area (Å²) >= 11 is 6.91. The lowest BCUT2D eigenvalue weighted by molar-refractivity contribution is 0.455. The van der Waals surface area contributed by atoms with Gasteiger partial charge in [-0.3, -0.25) is 0 Å². The van der Waals surface area contributed by atoms with Crippen LogP contribution in [-0.2, 0) is 6.42 Å². The monoisotopic (exact) mass is 412 g/mol. The van der Waals surface area contributed by atoms with Gasteiger partial charge in [0.25, 0.3) is 0 Å². The van der Waals surface area contributed by atoms with Crippen LogP contribution in [0.1, 0.15) is 24.5 Å². The molecule has 2 N–H and O–H groups in total. The standard InChI is InChI=1S/C16H18Br2N2O/c1-3-13(19)7-11-6-10(2)16(20-9-11)21-15-5-4-12(17)8-14(15)18/h4-6,8-9,13H,3,7,19H2,1-2H3. The number of hydrogen-bond acceptors (Lipinski definition) is 3. The molecule has 0 radical (unpaired) electrons. The summed E-state index contributed by atoms with van der Waals surface area (Å²) in [6.07, 6.45) is 3.64. The van der Waals surface area contributed by atoms with Crippen molar-refractivity contribution in [2.24, 2.45) is 5.73 Å². The van der Waals surface area contributed by atoms with E-state index in [2.05, 4.69) is 49.8 Å². The lowest BCUT2D eigenvalue weighted by Crippen LogP contribution is -2.21. The SMILES string of the molecule is CCC(N)Cc1cnc(Oc2ccc(Br)cc2Br)c(C)c1. The highest BCUT2D eigenvalue weighted by Crippen LogP contribution is 2.32. The van der Waals surface area contributed by atoms with Gasteiger partial charge in [0.2, 0.25) is 5.88 Å². The Morgan fingerprint density at radius 1 is 1.29 bits per heavy atom. The molecule has 1 aromatic heterocycles. The van der Waals surface area contributed by atoms with E-state index < -0.39 is 0 Å². The first kappa shape index (κ1) is 16.5. The zero-order valence-electron chi connectivity index (χ0n) is 12.1. The Hall–Kier alpha value is -0.910. The average molecular weight is 414 g/mol. The average Bonchev–Trinajstić information content (AvgIpc) is 2.44. The Kier molecular flexibility index (Phi) is 5.79. The molecule has 112 valence electrons. The van der Waals surface area contributed by atoms with Gasteiger partial charge in [-0.15, -0.1) is 0 Å². The molecule has 0 aliphatic rings. The largest absolute Gasteiger partial charge is 0.438 e. The summed E-state index contributed by atoms with van der Waals surface area (Å²) in [6.45, 7) is 4.09. The van der Waals surface area contributed by atoms with Crippen molar-refractivity contribution in [1.29, 1.82) is 0 Å². The highest BCUT2D eigenvalue weighted by Gasteiger charge is 2.09. The van der Waals surface area contributed by atoms with Crippen molar-refractivity contribution in [3.8, 4) is 11.6 Å². The fourth-order valence-corrected chi connectivity index (χ4v) is 3.08. The topological polar surface area (TPSA) is 48.1 Å². The van der Waals surface area contributed by atoms with Gasteiger partial charge >= 0.3 is 0 Å². The third kappa shape index (κ3) is 4.53. The van der Waals surface area contributed by atoms with Crippen molar-refractivity contribution in [2.75, 3.05) is 0 Å². The first-order valence-electron chi connectivity index (χ1n) is 6.83. The van der Waals surface area contributed by atoms with Crippen LogP contribution in [-0.4, -0.2) is 11.0 Å². The quantitative estimate of drug-likeness (QED) is 0.751. The number of nitrogens with two attached hydrogens (primary N) is 1. The lowest BCUT2D eigenvalue weighted by atomic mass is 10.1. The second kappa shape index (κ2) is 7.38. The molecule has 1 unspecified atom stereocenters. The number of aryl methyl sites for hydroxylation is 1. The second-order valence-electron chi connectivity index (χ2n) is 5.01. The normalized spacial score (nSPS) is 12.2. The fraction of sp³-hybridized carbons (Fsp3) is 0.312. The molecular formula is C16H18Br2N2O. The van der Waals surface area contributed by atoms with Crippen LogP contribution in [0.2, 0.25) is 0 Å². The van der Waals surface area contributed by atoms with Crippen molar-refractivity contribution in [1.82, 2.24) is 4.98 Å². The Balaban J connectivity index is 2.17. The van der Waals surface area contributed by atoms with Crippen molar-refractivity contribution in [3.63, 3.8) is 0 Å². The molecule has 1 heterocycles. The van der Waals surface area contributed by atoms with Crippen LogP contribution in [0, 0.1) is 6.92 Å². The Morgan fingerprint density at radius 3 is 2.67 bits per heavy atom. The summed E-state index contributed by atoms with van der Waals surface area (Å²) in [6, 6.07) is 8.04. The van der Waals surface area contributed by atoms with Gasteiger partial charge in [0.05, 0.1) is 4.47 Å². The van der Waals surface area contributed by atoms with Gasteiger partial charge in [-0.1, -0.05) is 22.9 Å². The highest BCUT2D eigenvalue weighted by atomic mass is 79.9. The van der Waals surface area contributed by atoms with Crippen molar-refractivity contribution in [3.05, 3.63) is 50.5 Å². The molecule has 0 spiro atoms. The summed E-state index contributed by atoms with van der Waals surface area (Å²) in [5.74, 6) is 1.36. The minimum atomic E-state index is 0.179. The van der Waals surface area contributed by atoms with Gasteiger partial charge in [0, 0.05) is 22.3 Å². The minimum absolute atomic E-state index is 0.179. The number of aromatic nitrogens is 1. The zero-order valence-corrected chi connectivity index (χ0v) is 15.2. The first-order valence-corrected chi connectivity index (χ1v) is 8.42. The number of benzene rings is 1. The number of hydrogen-bond donors (Lipinski definition) is 1. The fourth-order valence-electron chi connectivity index (χ4n) is 1.95. The molecule has 3 nitrogen and oxygen atoms in total. The molecule has 21 heavy (non-hydrogen) atoms. The Bertz CT molecular complexity index is 632. The maximum Gasteiger partial charge on any atom is 0.222 e. The third-order valence-electron chi connectivity index (χ3n) is 3.21. The molecular weight excluding hydrogens is 396 g/mol. The second-order valence-corrected chi connectivity index (χ2v) is 6.78. The summed E-state index contributed by atoms with van der Waals surface area (Å²) in [7, 11) is 0. The number of halogens is 2. The molecule has 1 aromatic carbocycles. The maximum absolute atomic E-state index is 5.98. The summed E-state index contributed by atoms with van der Waals surface area (Å²) in [5, 5.41) is 0. The van der Waals surface area contributed by atoms with Crippen LogP contribution >= 0.6 is 31.9 Å². The Morgan fingerprint density at radius 2 is 2.05 bits per heavy atom. The molecule has 2 aromatic rings. The smallest absolute Gasteiger partial charge is 0.222 e. The van der Waals surface area contributed by atoms with E-state index in [1.54, 1.807) is 0 Å². The highest BCUT2D eigenvalue weighted by molar-refractivity contribution is 9.11. The van der Waals surface area contributed by atoms with Crippen LogP contribution < -0.4 is 10.5 Å². The van der Waals surface area contributed by atoms with Gasteiger partial charge in [0.1, 0.15) is 5.75 Å². The minimum Gasteiger partial charge on any atom is -0.438 e. The van der Waals surface area contributed by atoms with Gasteiger partial charge in [-0.05, 0) is 65.5 Å². The van der Waals surface area contributed by atoms with Crippen molar-refractivity contribution >= 4 is 31.9 Å². The molecule has 0 bridgehead atoms. The van der Waals surface area contributed by atoms with E-state index >= 15 is 0 Å². The van der Waals surface area contributed by atoms with Crippen LogP contribution in [0.3, 0.4) is 0 Å². The van der Waals surface area contributed by atoms with E-state index in [0.717, 1.165) is 38.7 Å². The van der Waals surface area contributed by atoms with Gasteiger partial charge in [0.15, 0.2) is 0 Å².